The summed E-state index contributed by atoms with van der Waals surface area (Å²) in [5.74, 6) is 0.876. The average Bonchev–Trinajstić information content (AvgIpc) is 2.85. The maximum atomic E-state index is 8.78. The molecule has 0 aliphatic carbocycles. The third-order valence-corrected chi connectivity index (χ3v) is 3.60. The summed E-state index contributed by atoms with van der Waals surface area (Å²) in [7, 11) is 1.67. The van der Waals surface area contributed by atoms with Crippen molar-refractivity contribution in [2.45, 2.75) is 19.3 Å². The van der Waals surface area contributed by atoms with Crippen molar-refractivity contribution < 1.29 is 9.84 Å². The predicted octanol–water partition coefficient (Wildman–Crippen LogP) is 2.67. The minimum atomic E-state index is 0.228. The van der Waals surface area contributed by atoms with Crippen LogP contribution in [0.4, 0.5) is 0 Å². The fourth-order valence-corrected chi connectivity index (χ4v) is 2.59. The molecule has 0 unspecified atom stereocenters. The second-order valence-corrected chi connectivity index (χ2v) is 5.03. The Hall–Kier alpha value is -1.39. The Bertz CT molecular complexity index is 479. The fourth-order valence-electron chi connectivity index (χ4n) is 1.72. The van der Waals surface area contributed by atoms with E-state index >= 15 is 0 Å². The lowest BCUT2D eigenvalue weighted by Crippen LogP contribution is -1.92. The first-order chi connectivity index (χ1) is 8.81. The number of aryl methyl sites for hydroxylation is 1. The molecule has 18 heavy (non-hydrogen) atoms. The highest BCUT2D eigenvalue weighted by atomic mass is 32.1. The number of rotatable bonds is 6. The van der Waals surface area contributed by atoms with Crippen molar-refractivity contribution in [2.24, 2.45) is 0 Å². The van der Waals surface area contributed by atoms with Gasteiger partial charge >= 0.3 is 0 Å². The van der Waals surface area contributed by atoms with Crippen molar-refractivity contribution in [3.8, 4) is 5.75 Å². The van der Waals surface area contributed by atoms with Gasteiger partial charge in [-0.2, -0.15) is 0 Å². The van der Waals surface area contributed by atoms with Crippen LogP contribution in [0.5, 0.6) is 5.75 Å². The second-order valence-electron chi connectivity index (χ2n) is 4.08. The SMILES string of the molecule is COc1ccc(Cc2nc(CCCO)cs2)cc1. The first-order valence-electron chi connectivity index (χ1n) is 5.99. The van der Waals surface area contributed by atoms with E-state index in [0.29, 0.717) is 0 Å². The summed E-state index contributed by atoms with van der Waals surface area (Å²) in [6.45, 7) is 0.228. The van der Waals surface area contributed by atoms with Crippen molar-refractivity contribution >= 4 is 11.3 Å². The molecule has 0 aliphatic rings. The summed E-state index contributed by atoms with van der Waals surface area (Å²) in [5, 5.41) is 12.0. The Kier molecular flexibility index (Phi) is 4.73. The third kappa shape index (κ3) is 3.55. The summed E-state index contributed by atoms with van der Waals surface area (Å²) in [6, 6.07) is 8.06. The smallest absolute Gasteiger partial charge is 0.118 e. The van der Waals surface area contributed by atoms with Crippen LogP contribution in [0.1, 0.15) is 22.7 Å². The van der Waals surface area contributed by atoms with Crippen LogP contribution in [0.25, 0.3) is 0 Å². The molecule has 0 radical (unpaired) electrons. The van der Waals surface area contributed by atoms with Gasteiger partial charge in [0.15, 0.2) is 0 Å². The van der Waals surface area contributed by atoms with Crippen LogP contribution < -0.4 is 4.74 Å². The lowest BCUT2D eigenvalue weighted by Gasteiger charge is -2.01. The van der Waals surface area contributed by atoms with E-state index in [2.05, 4.69) is 22.5 Å². The molecule has 2 aromatic rings. The first kappa shape index (κ1) is 13.1. The number of benzene rings is 1. The van der Waals surface area contributed by atoms with Gasteiger partial charge in [0.05, 0.1) is 17.8 Å². The molecule has 0 spiro atoms. The second kappa shape index (κ2) is 6.52. The molecule has 0 saturated carbocycles. The fraction of sp³-hybridized carbons (Fsp3) is 0.357. The minimum absolute atomic E-state index is 0.228. The molecule has 96 valence electrons. The van der Waals surface area contributed by atoms with Crippen molar-refractivity contribution in [2.75, 3.05) is 13.7 Å². The minimum Gasteiger partial charge on any atom is -0.497 e. The number of hydrogen-bond acceptors (Lipinski definition) is 4. The Labute approximate surface area is 111 Å². The summed E-state index contributed by atoms with van der Waals surface area (Å²) in [5.41, 5.74) is 2.32. The number of nitrogens with zero attached hydrogens (tertiary/aromatic N) is 1. The van der Waals surface area contributed by atoms with Gasteiger partial charge in [0, 0.05) is 18.4 Å². The largest absolute Gasteiger partial charge is 0.497 e. The Morgan fingerprint density at radius 2 is 2.06 bits per heavy atom. The van der Waals surface area contributed by atoms with Gasteiger partial charge in [0.2, 0.25) is 0 Å². The maximum Gasteiger partial charge on any atom is 0.118 e. The van der Waals surface area contributed by atoms with E-state index in [-0.39, 0.29) is 6.61 Å². The van der Waals surface area contributed by atoms with E-state index in [1.165, 1.54) is 5.56 Å². The van der Waals surface area contributed by atoms with Gasteiger partial charge in [-0.15, -0.1) is 11.3 Å². The summed E-state index contributed by atoms with van der Waals surface area (Å²) < 4.78 is 5.13. The molecule has 3 nitrogen and oxygen atoms in total. The number of aliphatic hydroxyl groups excluding tert-OH is 1. The molecule has 1 aromatic heterocycles. The lowest BCUT2D eigenvalue weighted by atomic mass is 10.1. The first-order valence-corrected chi connectivity index (χ1v) is 6.87. The number of ether oxygens (including phenoxy) is 1. The van der Waals surface area contributed by atoms with Crippen molar-refractivity contribution in [1.29, 1.82) is 0 Å². The highest BCUT2D eigenvalue weighted by molar-refractivity contribution is 7.09. The molecular formula is C14H17NO2S. The van der Waals surface area contributed by atoms with Crippen LogP contribution in [-0.2, 0) is 12.8 Å². The van der Waals surface area contributed by atoms with Gasteiger partial charge < -0.3 is 9.84 Å². The zero-order valence-electron chi connectivity index (χ0n) is 10.4. The number of aromatic nitrogens is 1. The standard InChI is InChI=1S/C14H17NO2S/c1-17-13-6-4-11(5-7-13)9-14-15-12(10-18-14)3-2-8-16/h4-7,10,16H,2-3,8-9H2,1H3. The van der Waals surface area contributed by atoms with E-state index in [4.69, 9.17) is 9.84 Å². The molecule has 2 rings (SSSR count). The maximum absolute atomic E-state index is 8.78. The van der Waals surface area contributed by atoms with Crippen LogP contribution in [0.3, 0.4) is 0 Å². The Morgan fingerprint density at radius 1 is 1.28 bits per heavy atom. The van der Waals surface area contributed by atoms with Crippen LogP contribution in [0, 0.1) is 0 Å². The van der Waals surface area contributed by atoms with Crippen molar-refractivity contribution in [3.05, 3.63) is 45.9 Å². The molecule has 1 N–H and O–H groups in total. The zero-order chi connectivity index (χ0) is 12.8. The van der Waals surface area contributed by atoms with Crippen LogP contribution >= 0.6 is 11.3 Å². The topological polar surface area (TPSA) is 42.4 Å². The molecule has 0 fully saturated rings. The number of aliphatic hydroxyl groups is 1. The molecule has 0 amide bonds. The molecule has 1 aromatic carbocycles. The van der Waals surface area contributed by atoms with Gasteiger partial charge in [-0.05, 0) is 30.5 Å². The molecule has 0 bridgehead atoms. The third-order valence-electron chi connectivity index (χ3n) is 2.70. The Balaban J connectivity index is 1.97. The van der Waals surface area contributed by atoms with E-state index < -0.39 is 0 Å². The normalized spacial score (nSPS) is 10.6. The van der Waals surface area contributed by atoms with Gasteiger partial charge in [-0.25, -0.2) is 4.98 Å². The molecule has 4 heteroatoms. The van der Waals surface area contributed by atoms with Crippen molar-refractivity contribution in [1.82, 2.24) is 4.98 Å². The molecule has 0 atom stereocenters. The van der Waals surface area contributed by atoms with Crippen molar-refractivity contribution in [3.63, 3.8) is 0 Å². The molecule has 1 heterocycles. The lowest BCUT2D eigenvalue weighted by molar-refractivity contribution is 0.288. The van der Waals surface area contributed by atoms with E-state index in [1.54, 1.807) is 18.4 Å². The van der Waals surface area contributed by atoms with Gasteiger partial charge in [0.1, 0.15) is 5.75 Å². The van der Waals surface area contributed by atoms with Crippen LogP contribution in [-0.4, -0.2) is 23.8 Å². The molecule has 0 aliphatic heterocycles. The van der Waals surface area contributed by atoms with Crippen LogP contribution in [0.2, 0.25) is 0 Å². The highest BCUT2D eigenvalue weighted by Gasteiger charge is 2.03. The van der Waals surface area contributed by atoms with Gasteiger partial charge in [0.25, 0.3) is 0 Å². The van der Waals surface area contributed by atoms with Gasteiger partial charge in [-0.1, -0.05) is 12.1 Å². The van der Waals surface area contributed by atoms with E-state index in [0.717, 1.165) is 35.7 Å². The molecule has 0 saturated heterocycles. The quantitative estimate of drug-likeness (QED) is 0.871. The summed E-state index contributed by atoms with van der Waals surface area (Å²) in [4.78, 5) is 4.56. The number of thiazole rings is 1. The summed E-state index contributed by atoms with van der Waals surface area (Å²) >= 11 is 1.68. The van der Waals surface area contributed by atoms with Gasteiger partial charge in [-0.3, -0.25) is 0 Å². The monoisotopic (exact) mass is 263 g/mol. The average molecular weight is 263 g/mol. The number of hydrogen-bond donors (Lipinski definition) is 1. The highest BCUT2D eigenvalue weighted by Crippen LogP contribution is 2.18. The predicted molar refractivity (Wildman–Crippen MR) is 73.3 cm³/mol. The Morgan fingerprint density at radius 3 is 2.72 bits per heavy atom. The number of methoxy groups -OCH3 is 1. The zero-order valence-corrected chi connectivity index (χ0v) is 11.2. The van der Waals surface area contributed by atoms with E-state index in [1.807, 2.05) is 12.1 Å². The molecular weight excluding hydrogens is 246 g/mol. The van der Waals surface area contributed by atoms with E-state index in [9.17, 15) is 0 Å². The summed E-state index contributed by atoms with van der Waals surface area (Å²) in [6.07, 6.45) is 2.50. The van der Waals surface area contributed by atoms with Crippen LogP contribution in [0.15, 0.2) is 29.6 Å².